The summed E-state index contributed by atoms with van der Waals surface area (Å²) in [5, 5.41) is 14.6. The van der Waals surface area contributed by atoms with Gasteiger partial charge in [0.2, 0.25) is 11.0 Å². The lowest BCUT2D eigenvalue weighted by Gasteiger charge is -2.12. The highest BCUT2D eigenvalue weighted by molar-refractivity contribution is 8.01. The number of nitrogens with one attached hydrogen (secondary N) is 2. The standard InChI is InChI=1S/C18H21FN4OS2/c19-14-7-4-8-15(11-14)21-17-22-23-18(26-17)25-12-16(24)20-10-9-13-5-2-1-3-6-13/h4-5,7-8,11H,1-3,6,9-10,12H2,(H,20,24)(H,21,22). The summed E-state index contributed by atoms with van der Waals surface area (Å²) in [6.45, 7) is 0.688. The molecule has 1 aromatic heterocycles. The summed E-state index contributed by atoms with van der Waals surface area (Å²) in [7, 11) is 0. The Kier molecular flexibility index (Phi) is 7.02. The number of rotatable bonds is 8. The molecule has 2 aromatic rings. The molecule has 138 valence electrons. The van der Waals surface area contributed by atoms with E-state index in [4.69, 9.17) is 0 Å². The van der Waals surface area contributed by atoms with Crippen molar-refractivity contribution in [2.45, 2.75) is 36.4 Å². The van der Waals surface area contributed by atoms with Crippen LogP contribution < -0.4 is 10.6 Å². The summed E-state index contributed by atoms with van der Waals surface area (Å²) in [5.74, 6) is 0.00390. The zero-order valence-corrected chi connectivity index (χ0v) is 16.0. The van der Waals surface area contributed by atoms with Gasteiger partial charge in [-0.15, -0.1) is 10.2 Å². The molecule has 0 fully saturated rings. The lowest BCUT2D eigenvalue weighted by atomic mass is 9.97. The van der Waals surface area contributed by atoms with E-state index in [-0.39, 0.29) is 11.7 Å². The monoisotopic (exact) mass is 392 g/mol. The van der Waals surface area contributed by atoms with Gasteiger partial charge >= 0.3 is 0 Å². The maximum Gasteiger partial charge on any atom is 0.230 e. The summed E-state index contributed by atoms with van der Waals surface area (Å²) in [6.07, 6.45) is 8.12. The Bertz CT molecular complexity index is 778. The number of aromatic nitrogens is 2. The van der Waals surface area contributed by atoms with Crippen LogP contribution in [0.1, 0.15) is 32.1 Å². The number of halogens is 1. The predicted octanol–water partition coefficient (Wildman–Crippen LogP) is 4.52. The normalized spacial score (nSPS) is 14.0. The van der Waals surface area contributed by atoms with Gasteiger partial charge in [-0.2, -0.15) is 0 Å². The predicted molar refractivity (Wildman–Crippen MR) is 104 cm³/mol. The maximum absolute atomic E-state index is 13.2. The molecule has 0 spiro atoms. The molecule has 0 bridgehead atoms. The van der Waals surface area contributed by atoms with Crippen molar-refractivity contribution in [3.8, 4) is 0 Å². The Morgan fingerprint density at radius 2 is 2.23 bits per heavy atom. The summed E-state index contributed by atoms with van der Waals surface area (Å²) in [6, 6.07) is 6.16. The van der Waals surface area contributed by atoms with E-state index >= 15 is 0 Å². The topological polar surface area (TPSA) is 66.9 Å². The number of carbonyl (C=O) groups is 1. The number of amides is 1. The second-order valence-electron chi connectivity index (χ2n) is 6.01. The van der Waals surface area contributed by atoms with Gasteiger partial charge in [-0.3, -0.25) is 4.79 Å². The van der Waals surface area contributed by atoms with Crippen LogP contribution in [0, 0.1) is 5.82 Å². The Labute approximate surface area is 160 Å². The first-order valence-corrected chi connectivity index (χ1v) is 10.4. The summed E-state index contributed by atoms with van der Waals surface area (Å²) < 4.78 is 13.9. The van der Waals surface area contributed by atoms with Crippen LogP contribution in [0.4, 0.5) is 15.2 Å². The Balaban J connectivity index is 1.38. The second-order valence-corrected chi connectivity index (χ2v) is 8.21. The number of allylic oxidation sites excluding steroid dienone is 1. The number of carbonyl (C=O) groups excluding carboxylic acids is 1. The van der Waals surface area contributed by atoms with Crippen LogP contribution in [0.5, 0.6) is 0 Å². The fourth-order valence-corrected chi connectivity index (χ4v) is 4.28. The zero-order chi connectivity index (χ0) is 18.2. The van der Waals surface area contributed by atoms with Crippen LogP contribution in [-0.4, -0.2) is 28.4 Å². The molecule has 0 unspecified atom stereocenters. The molecule has 1 heterocycles. The third kappa shape index (κ3) is 6.10. The highest BCUT2D eigenvalue weighted by Gasteiger charge is 2.09. The van der Waals surface area contributed by atoms with E-state index in [0.717, 1.165) is 12.8 Å². The highest BCUT2D eigenvalue weighted by atomic mass is 32.2. The fraction of sp³-hybridized carbons (Fsp3) is 0.389. The van der Waals surface area contributed by atoms with Crippen molar-refractivity contribution in [2.24, 2.45) is 0 Å². The SMILES string of the molecule is O=C(CSc1nnc(Nc2cccc(F)c2)s1)NCCC1=CCCCC1. The minimum atomic E-state index is -0.310. The van der Waals surface area contributed by atoms with Crippen molar-refractivity contribution in [3.05, 3.63) is 41.7 Å². The molecular weight excluding hydrogens is 371 g/mol. The van der Waals surface area contributed by atoms with Crippen LogP contribution in [-0.2, 0) is 4.79 Å². The molecule has 0 saturated heterocycles. The van der Waals surface area contributed by atoms with Crippen molar-refractivity contribution in [2.75, 3.05) is 17.6 Å². The van der Waals surface area contributed by atoms with E-state index in [9.17, 15) is 9.18 Å². The van der Waals surface area contributed by atoms with Crippen LogP contribution in [0.3, 0.4) is 0 Å². The lowest BCUT2D eigenvalue weighted by Crippen LogP contribution is -2.26. The van der Waals surface area contributed by atoms with Crippen molar-refractivity contribution >= 4 is 39.8 Å². The Morgan fingerprint density at radius 1 is 1.31 bits per heavy atom. The molecule has 0 atom stereocenters. The van der Waals surface area contributed by atoms with Crippen LogP contribution in [0.25, 0.3) is 0 Å². The number of thioether (sulfide) groups is 1. The van der Waals surface area contributed by atoms with Crippen LogP contribution in [0.15, 0.2) is 40.3 Å². The highest BCUT2D eigenvalue weighted by Crippen LogP contribution is 2.27. The quantitative estimate of drug-likeness (QED) is 0.511. The maximum atomic E-state index is 13.2. The molecule has 1 amide bonds. The van der Waals surface area contributed by atoms with Gasteiger partial charge in [-0.05, 0) is 50.3 Å². The summed E-state index contributed by atoms with van der Waals surface area (Å²) in [4.78, 5) is 11.9. The van der Waals surface area contributed by atoms with Crippen LogP contribution in [0.2, 0.25) is 0 Å². The van der Waals surface area contributed by atoms with Crippen molar-refractivity contribution in [1.29, 1.82) is 0 Å². The third-order valence-electron chi connectivity index (χ3n) is 3.96. The summed E-state index contributed by atoms with van der Waals surface area (Å²) in [5.41, 5.74) is 2.08. The van der Waals surface area contributed by atoms with E-state index < -0.39 is 0 Å². The number of anilines is 2. The van der Waals surface area contributed by atoms with E-state index in [0.29, 0.717) is 27.5 Å². The van der Waals surface area contributed by atoms with Gasteiger partial charge < -0.3 is 10.6 Å². The number of hydrogen-bond donors (Lipinski definition) is 2. The molecule has 2 N–H and O–H groups in total. The number of nitrogens with zero attached hydrogens (tertiary/aromatic N) is 2. The average Bonchev–Trinajstić information content (AvgIpc) is 3.08. The van der Waals surface area contributed by atoms with E-state index in [1.165, 1.54) is 60.1 Å². The molecule has 1 aromatic carbocycles. The third-order valence-corrected chi connectivity index (χ3v) is 5.93. The van der Waals surface area contributed by atoms with Gasteiger partial charge in [0.1, 0.15) is 5.82 Å². The van der Waals surface area contributed by atoms with E-state index in [2.05, 4.69) is 26.9 Å². The van der Waals surface area contributed by atoms with Crippen molar-refractivity contribution < 1.29 is 9.18 Å². The van der Waals surface area contributed by atoms with Gasteiger partial charge in [0, 0.05) is 12.2 Å². The molecule has 0 aliphatic heterocycles. The molecule has 3 rings (SSSR count). The zero-order valence-electron chi connectivity index (χ0n) is 14.3. The van der Waals surface area contributed by atoms with E-state index in [1.807, 2.05) is 0 Å². The van der Waals surface area contributed by atoms with Crippen molar-refractivity contribution in [1.82, 2.24) is 15.5 Å². The molecule has 1 aliphatic rings. The smallest absolute Gasteiger partial charge is 0.230 e. The molecule has 1 aliphatic carbocycles. The minimum Gasteiger partial charge on any atom is -0.355 e. The Morgan fingerprint density at radius 3 is 3.04 bits per heavy atom. The fourth-order valence-electron chi connectivity index (χ4n) is 2.68. The number of hydrogen-bond acceptors (Lipinski definition) is 6. The van der Waals surface area contributed by atoms with Crippen LogP contribution >= 0.6 is 23.1 Å². The second kappa shape index (κ2) is 9.68. The van der Waals surface area contributed by atoms with Gasteiger partial charge in [-0.1, -0.05) is 40.8 Å². The van der Waals surface area contributed by atoms with E-state index in [1.54, 1.807) is 12.1 Å². The Hall–Kier alpha value is -1.93. The first kappa shape index (κ1) is 18.8. The molecule has 8 heteroatoms. The van der Waals surface area contributed by atoms with Gasteiger partial charge in [-0.25, -0.2) is 4.39 Å². The number of benzene rings is 1. The van der Waals surface area contributed by atoms with Gasteiger partial charge in [0.15, 0.2) is 4.34 Å². The lowest BCUT2D eigenvalue weighted by molar-refractivity contribution is -0.118. The first-order valence-electron chi connectivity index (χ1n) is 8.62. The molecule has 26 heavy (non-hydrogen) atoms. The largest absolute Gasteiger partial charge is 0.355 e. The summed E-state index contributed by atoms with van der Waals surface area (Å²) >= 11 is 2.69. The van der Waals surface area contributed by atoms with Crippen molar-refractivity contribution in [3.63, 3.8) is 0 Å². The first-order chi connectivity index (χ1) is 12.7. The minimum absolute atomic E-state index is 0.00116. The van der Waals surface area contributed by atoms with Gasteiger partial charge in [0.25, 0.3) is 0 Å². The molecule has 0 radical (unpaired) electrons. The molecular formula is C18H21FN4OS2. The average molecular weight is 393 g/mol. The van der Waals surface area contributed by atoms with Gasteiger partial charge in [0.05, 0.1) is 5.75 Å². The molecule has 0 saturated carbocycles. The molecule has 5 nitrogen and oxygen atoms in total.